The normalized spacial score (nSPS) is 29.3. The molecule has 102 valence electrons. The zero-order chi connectivity index (χ0) is 12.9. The molecule has 2 N–H and O–H groups in total. The maximum atomic E-state index is 10.7. The van der Waals surface area contributed by atoms with Crippen LogP contribution in [0.3, 0.4) is 0 Å². The predicted molar refractivity (Wildman–Crippen MR) is 74.1 cm³/mol. The Morgan fingerprint density at radius 1 is 1.29 bits per heavy atom. The molecule has 0 aromatic rings. The molecule has 3 unspecified atom stereocenters. The van der Waals surface area contributed by atoms with Crippen LogP contribution in [-0.4, -0.2) is 23.3 Å². The average Bonchev–Trinajstić information content (AvgIpc) is 2.28. The highest BCUT2D eigenvalue weighted by Crippen LogP contribution is 2.40. The molecule has 0 aliphatic heterocycles. The van der Waals surface area contributed by atoms with Crippen LogP contribution >= 0.6 is 0 Å². The Bertz CT molecular complexity index is 213. The number of hydrogen-bond donors (Lipinski definition) is 2. The summed E-state index contributed by atoms with van der Waals surface area (Å²) in [5.74, 6) is 1.24. The van der Waals surface area contributed by atoms with Crippen LogP contribution in [0.4, 0.5) is 0 Å². The molecule has 0 radical (unpaired) electrons. The molecule has 1 saturated carbocycles. The lowest BCUT2D eigenvalue weighted by atomic mass is 9.68. The first-order valence-corrected chi connectivity index (χ1v) is 7.43. The van der Waals surface area contributed by atoms with Gasteiger partial charge in [-0.05, 0) is 38.1 Å². The van der Waals surface area contributed by atoms with Crippen molar-refractivity contribution in [2.45, 2.75) is 77.9 Å². The van der Waals surface area contributed by atoms with E-state index in [4.69, 9.17) is 0 Å². The Hall–Kier alpha value is -0.0800. The predicted octanol–water partition coefficient (Wildman–Crippen LogP) is 3.34. The molecule has 0 spiro atoms. The smallest absolute Gasteiger partial charge is 0.0662 e. The fraction of sp³-hybridized carbons (Fsp3) is 1.00. The van der Waals surface area contributed by atoms with Crippen molar-refractivity contribution in [1.82, 2.24) is 5.32 Å². The quantitative estimate of drug-likeness (QED) is 0.747. The Morgan fingerprint density at radius 3 is 2.53 bits per heavy atom. The molecule has 2 heteroatoms. The monoisotopic (exact) mass is 241 g/mol. The van der Waals surface area contributed by atoms with Crippen LogP contribution < -0.4 is 5.32 Å². The summed E-state index contributed by atoms with van der Waals surface area (Å²) < 4.78 is 0. The van der Waals surface area contributed by atoms with Gasteiger partial charge in [0.25, 0.3) is 0 Å². The summed E-state index contributed by atoms with van der Waals surface area (Å²) in [7, 11) is 0. The minimum Gasteiger partial charge on any atom is -0.390 e. The van der Waals surface area contributed by atoms with E-state index in [1.807, 2.05) is 6.92 Å². The second kappa shape index (κ2) is 6.75. The van der Waals surface area contributed by atoms with Crippen molar-refractivity contribution in [3.63, 3.8) is 0 Å². The summed E-state index contributed by atoms with van der Waals surface area (Å²) in [6, 6.07) is 0.513. The van der Waals surface area contributed by atoms with Gasteiger partial charge in [0, 0.05) is 6.04 Å². The van der Waals surface area contributed by atoms with Gasteiger partial charge in [-0.3, -0.25) is 0 Å². The Balaban J connectivity index is 2.48. The first-order valence-electron chi connectivity index (χ1n) is 7.43. The van der Waals surface area contributed by atoms with E-state index in [1.54, 1.807) is 0 Å². The molecule has 17 heavy (non-hydrogen) atoms. The molecule has 0 aromatic heterocycles. The topological polar surface area (TPSA) is 32.3 Å². The van der Waals surface area contributed by atoms with E-state index in [2.05, 4.69) is 26.1 Å². The van der Waals surface area contributed by atoms with Gasteiger partial charge >= 0.3 is 0 Å². The molecule has 0 heterocycles. The van der Waals surface area contributed by atoms with Crippen molar-refractivity contribution in [2.24, 2.45) is 11.8 Å². The van der Waals surface area contributed by atoms with E-state index in [1.165, 1.54) is 32.1 Å². The highest BCUT2D eigenvalue weighted by atomic mass is 16.3. The fourth-order valence-corrected chi connectivity index (χ4v) is 3.31. The zero-order valence-corrected chi connectivity index (χ0v) is 12.1. The number of nitrogens with one attached hydrogen (secondary N) is 1. The van der Waals surface area contributed by atoms with Gasteiger partial charge < -0.3 is 10.4 Å². The summed E-state index contributed by atoms with van der Waals surface area (Å²) >= 11 is 0. The van der Waals surface area contributed by atoms with Crippen molar-refractivity contribution < 1.29 is 5.11 Å². The van der Waals surface area contributed by atoms with E-state index in [-0.39, 0.29) is 0 Å². The molecule has 0 bridgehead atoms. The summed E-state index contributed by atoms with van der Waals surface area (Å²) in [5, 5.41) is 14.1. The minimum atomic E-state index is -0.483. The first-order chi connectivity index (χ1) is 7.97. The Labute approximate surface area is 107 Å². The summed E-state index contributed by atoms with van der Waals surface area (Å²) in [6.07, 6.45) is 7.29. The van der Waals surface area contributed by atoms with Gasteiger partial charge in [-0.2, -0.15) is 0 Å². The van der Waals surface area contributed by atoms with Gasteiger partial charge in [-0.1, -0.05) is 46.5 Å². The zero-order valence-electron chi connectivity index (χ0n) is 12.1. The molecular weight excluding hydrogens is 210 g/mol. The van der Waals surface area contributed by atoms with Crippen molar-refractivity contribution in [2.75, 3.05) is 6.54 Å². The summed E-state index contributed by atoms with van der Waals surface area (Å²) in [4.78, 5) is 0. The van der Waals surface area contributed by atoms with E-state index >= 15 is 0 Å². The fourth-order valence-electron chi connectivity index (χ4n) is 3.31. The molecule has 1 fully saturated rings. The van der Waals surface area contributed by atoms with Crippen LogP contribution in [0.25, 0.3) is 0 Å². The second-order valence-electron chi connectivity index (χ2n) is 6.28. The van der Waals surface area contributed by atoms with E-state index in [9.17, 15) is 5.11 Å². The van der Waals surface area contributed by atoms with Crippen LogP contribution in [-0.2, 0) is 0 Å². The van der Waals surface area contributed by atoms with Crippen LogP contribution in [0, 0.1) is 11.8 Å². The van der Waals surface area contributed by atoms with Crippen LogP contribution in [0.15, 0.2) is 0 Å². The number of aliphatic hydroxyl groups is 1. The van der Waals surface area contributed by atoms with Crippen molar-refractivity contribution in [3.05, 3.63) is 0 Å². The highest BCUT2D eigenvalue weighted by molar-refractivity contribution is 4.89. The average molecular weight is 241 g/mol. The van der Waals surface area contributed by atoms with Gasteiger partial charge in [0.05, 0.1) is 5.60 Å². The molecule has 0 amide bonds. The Morgan fingerprint density at radius 2 is 1.94 bits per heavy atom. The standard InChI is InChI=1S/C15H31NO/c1-5-13-8-6-7-9-14(13)15(4,17)10-11-16-12(2)3/h12-14,16-17H,5-11H2,1-4H3. The maximum Gasteiger partial charge on any atom is 0.0662 e. The van der Waals surface area contributed by atoms with Crippen molar-refractivity contribution in [1.29, 1.82) is 0 Å². The minimum absolute atomic E-state index is 0.483. The van der Waals surface area contributed by atoms with Gasteiger partial charge in [0.1, 0.15) is 0 Å². The molecule has 3 atom stereocenters. The van der Waals surface area contributed by atoms with E-state index in [0.717, 1.165) is 18.9 Å². The second-order valence-corrected chi connectivity index (χ2v) is 6.28. The van der Waals surface area contributed by atoms with Gasteiger partial charge in [-0.15, -0.1) is 0 Å². The summed E-state index contributed by atoms with van der Waals surface area (Å²) in [6.45, 7) is 9.56. The lowest BCUT2D eigenvalue weighted by molar-refractivity contribution is -0.0492. The number of hydrogen-bond acceptors (Lipinski definition) is 2. The first kappa shape index (κ1) is 15.0. The highest BCUT2D eigenvalue weighted by Gasteiger charge is 2.37. The molecule has 0 aromatic carbocycles. The Kier molecular flexibility index (Phi) is 5.94. The third-order valence-electron chi connectivity index (χ3n) is 4.42. The van der Waals surface area contributed by atoms with E-state index < -0.39 is 5.60 Å². The third-order valence-corrected chi connectivity index (χ3v) is 4.42. The van der Waals surface area contributed by atoms with Crippen LogP contribution in [0.1, 0.15) is 66.2 Å². The van der Waals surface area contributed by atoms with Crippen molar-refractivity contribution in [3.8, 4) is 0 Å². The molecule has 0 saturated heterocycles. The molecule has 2 nitrogen and oxygen atoms in total. The molecule has 1 aliphatic rings. The van der Waals surface area contributed by atoms with E-state index in [0.29, 0.717) is 12.0 Å². The van der Waals surface area contributed by atoms with Crippen LogP contribution in [0.5, 0.6) is 0 Å². The lowest BCUT2D eigenvalue weighted by Gasteiger charge is -2.41. The molecular formula is C15H31NO. The SMILES string of the molecule is CCC1CCCCC1C(C)(O)CCNC(C)C. The van der Waals surface area contributed by atoms with Crippen molar-refractivity contribution >= 4 is 0 Å². The van der Waals surface area contributed by atoms with Gasteiger partial charge in [0.15, 0.2) is 0 Å². The lowest BCUT2D eigenvalue weighted by Crippen LogP contribution is -2.43. The maximum absolute atomic E-state index is 10.7. The number of rotatable bonds is 6. The van der Waals surface area contributed by atoms with Crippen LogP contribution in [0.2, 0.25) is 0 Å². The molecule has 1 rings (SSSR count). The summed E-state index contributed by atoms with van der Waals surface area (Å²) in [5.41, 5.74) is -0.483. The van der Waals surface area contributed by atoms with Gasteiger partial charge in [0.2, 0.25) is 0 Å². The largest absolute Gasteiger partial charge is 0.390 e. The van der Waals surface area contributed by atoms with Gasteiger partial charge in [-0.25, -0.2) is 0 Å². The third kappa shape index (κ3) is 4.59. The molecule has 1 aliphatic carbocycles.